The number of hydrogen-bond acceptors (Lipinski definition) is 8. The molecule has 172 valence electrons. The number of benzene rings is 3. The zero-order chi connectivity index (χ0) is 24.5. The van der Waals surface area contributed by atoms with E-state index < -0.39 is 16.6 Å². The van der Waals surface area contributed by atoms with Crippen LogP contribution in [0.3, 0.4) is 0 Å². The van der Waals surface area contributed by atoms with Gasteiger partial charge in [0.2, 0.25) is 10.6 Å². The summed E-state index contributed by atoms with van der Waals surface area (Å²) in [6.07, 6.45) is 2.41. The summed E-state index contributed by atoms with van der Waals surface area (Å²) in [5.74, 6) is -1.11. The number of carbonyl (C=O) groups excluding carboxylic acids is 1. The van der Waals surface area contributed by atoms with Gasteiger partial charge in [-0.3, -0.25) is 19.7 Å². The van der Waals surface area contributed by atoms with Gasteiger partial charge in [-0.25, -0.2) is 9.37 Å². The number of anilines is 1. The van der Waals surface area contributed by atoms with Crippen LogP contribution in [0.4, 0.5) is 15.2 Å². The molecule has 1 amide bonds. The van der Waals surface area contributed by atoms with Crippen molar-refractivity contribution in [2.75, 3.05) is 5.01 Å². The highest BCUT2D eigenvalue weighted by Crippen LogP contribution is 2.30. The molecule has 35 heavy (non-hydrogen) atoms. The van der Waals surface area contributed by atoms with E-state index in [-0.39, 0.29) is 27.4 Å². The van der Waals surface area contributed by atoms with Gasteiger partial charge in [-0.2, -0.15) is 10.1 Å². The van der Waals surface area contributed by atoms with Gasteiger partial charge in [0.1, 0.15) is 17.7 Å². The Kier molecular flexibility index (Phi) is 5.59. The molecule has 0 fully saturated rings. The first kappa shape index (κ1) is 22.0. The fourth-order valence-electron chi connectivity index (χ4n) is 3.32. The van der Waals surface area contributed by atoms with Crippen molar-refractivity contribution < 1.29 is 18.5 Å². The molecule has 5 aromatic rings. The lowest BCUT2D eigenvalue weighted by molar-refractivity contribution is -0.384. The number of nitrogens with zero attached hydrogens (tertiary/aromatic N) is 4. The number of aromatic nitrogens is 1. The Labute approximate surface area is 199 Å². The third-order valence-corrected chi connectivity index (χ3v) is 6.05. The minimum Gasteiger partial charge on any atom is -0.463 e. The number of para-hydroxylation sites is 1. The number of nitro groups is 1. The molecule has 9 nitrogen and oxygen atoms in total. The summed E-state index contributed by atoms with van der Waals surface area (Å²) in [6, 6.07) is 15.7. The number of thiazole rings is 1. The molecule has 0 saturated heterocycles. The largest absolute Gasteiger partial charge is 0.463 e. The standard InChI is InChI=1S/C24H13FN4O5S/c25-16-7-10-19-21(11-16)35-24(27-19)28(23(31)14-5-8-17(9-6-14)29(32)33)26-12-15-13-34-20-4-2-1-3-18(20)22(15)30/h1-13H/b26-12+. The van der Waals surface area contributed by atoms with Crippen molar-refractivity contribution >= 4 is 55.5 Å². The Morgan fingerprint density at radius 3 is 2.69 bits per heavy atom. The Hall–Kier alpha value is -4.77. The Morgan fingerprint density at radius 1 is 1.14 bits per heavy atom. The van der Waals surface area contributed by atoms with E-state index in [4.69, 9.17) is 4.42 Å². The number of carbonyl (C=O) groups is 1. The van der Waals surface area contributed by atoms with Crippen LogP contribution in [-0.4, -0.2) is 22.0 Å². The summed E-state index contributed by atoms with van der Waals surface area (Å²) < 4.78 is 19.7. The SMILES string of the molecule is O=C(c1ccc([N+](=O)[O-])cc1)N(/N=C/c1coc2ccccc2c1=O)c1nc2ccc(F)cc2s1. The van der Waals surface area contributed by atoms with Crippen LogP contribution in [0.1, 0.15) is 15.9 Å². The van der Waals surface area contributed by atoms with E-state index in [1.165, 1.54) is 54.9 Å². The Balaban J connectivity index is 1.58. The highest BCUT2D eigenvalue weighted by Gasteiger charge is 2.22. The van der Waals surface area contributed by atoms with Crippen molar-refractivity contribution in [2.45, 2.75) is 0 Å². The van der Waals surface area contributed by atoms with Crippen molar-refractivity contribution in [3.8, 4) is 0 Å². The monoisotopic (exact) mass is 488 g/mol. The van der Waals surface area contributed by atoms with E-state index in [1.807, 2.05) is 0 Å². The minimum atomic E-state index is -0.652. The highest BCUT2D eigenvalue weighted by atomic mass is 32.1. The molecule has 0 N–H and O–H groups in total. The smallest absolute Gasteiger partial charge is 0.280 e. The van der Waals surface area contributed by atoms with Crippen molar-refractivity contribution in [3.63, 3.8) is 0 Å². The van der Waals surface area contributed by atoms with Crippen molar-refractivity contribution in [3.05, 3.63) is 110 Å². The van der Waals surface area contributed by atoms with E-state index in [0.717, 1.165) is 16.3 Å². The van der Waals surface area contributed by atoms with Gasteiger partial charge >= 0.3 is 0 Å². The number of hydrogen-bond donors (Lipinski definition) is 0. The van der Waals surface area contributed by atoms with Gasteiger partial charge in [-0.05, 0) is 42.5 Å². The maximum Gasteiger partial charge on any atom is 0.280 e. The summed E-state index contributed by atoms with van der Waals surface area (Å²) in [5, 5.41) is 16.6. The van der Waals surface area contributed by atoms with Gasteiger partial charge in [0.15, 0.2) is 0 Å². The molecular formula is C24H13FN4O5S. The first-order valence-electron chi connectivity index (χ1n) is 10.1. The number of rotatable bonds is 5. The lowest BCUT2D eigenvalue weighted by Crippen LogP contribution is -2.26. The average molecular weight is 488 g/mol. The number of non-ortho nitro benzene ring substituents is 1. The van der Waals surface area contributed by atoms with Crippen LogP contribution in [0.2, 0.25) is 0 Å². The number of hydrazone groups is 1. The second kappa shape index (κ2) is 8.88. The second-order valence-corrected chi connectivity index (χ2v) is 8.30. The molecule has 0 atom stereocenters. The molecule has 5 rings (SSSR count). The Bertz CT molecular complexity index is 1690. The van der Waals surface area contributed by atoms with E-state index >= 15 is 0 Å². The second-order valence-electron chi connectivity index (χ2n) is 7.29. The number of nitro benzene ring substituents is 1. The van der Waals surface area contributed by atoms with Crippen LogP contribution in [0.15, 0.2) is 87.3 Å². The van der Waals surface area contributed by atoms with Gasteiger partial charge in [-0.1, -0.05) is 23.5 Å². The molecule has 11 heteroatoms. The highest BCUT2D eigenvalue weighted by molar-refractivity contribution is 7.22. The molecule has 0 bridgehead atoms. The first-order chi connectivity index (χ1) is 16.9. The summed E-state index contributed by atoms with van der Waals surface area (Å²) in [5.41, 5.74) is 0.529. The van der Waals surface area contributed by atoms with E-state index in [1.54, 1.807) is 24.3 Å². The molecule has 0 saturated carbocycles. The lowest BCUT2D eigenvalue weighted by Gasteiger charge is -2.13. The molecule has 0 aliphatic rings. The quantitative estimate of drug-likeness (QED) is 0.192. The summed E-state index contributed by atoms with van der Waals surface area (Å²) in [6.45, 7) is 0. The summed E-state index contributed by atoms with van der Waals surface area (Å²) in [7, 11) is 0. The summed E-state index contributed by atoms with van der Waals surface area (Å²) >= 11 is 1.02. The van der Waals surface area contributed by atoms with Gasteiger partial charge in [0.05, 0.1) is 32.3 Å². The molecule has 0 aliphatic carbocycles. The number of fused-ring (bicyclic) bond motifs is 2. The van der Waals surface area contributed by atoms with Crippen LogP contribution in [0.5, 0.6) is 0 Å². The van der Waals surface area contributed by atoms with Gasteiger partial charge in [0.25, 0.3) is 11.6 Å². The van der Waals surface area contributed by atoms with Crippen molar-refractivity contribution in [2.24, 2.45) is 5.10 Å². The lowest BCUT2D eigenvalue weighted by atomic mass is 10.2. The van der Waals surface area contributed by atoms with Crippen LogP contribution >= 0.6 is 11.3 Å². The van der Waals surface area contributed by atoms with E-state index in [2.05, 4.69) is 10.1 Å². The maximum atomic E-state index is 13.7. The van der Waals surface area contributed by atoms with E-state index in [9.17, 15) is 24.1 Å². The zero-order valence-electron chi connectivity index (χ0n) is 17.6. The fourth-order valence-corrected chi connectivity index (χ4v) is 4.26. The molecule has 2 aromatic heterocycles. The summed E-state index contributed by atoms with van der Waals surface area (Å²) in [4.78, 5) is 40.9. The van der Waals surface area contributed by atoms with Crippen LogP contribution in [0, 0.1) is 15.9 Å². The number of halogens is 1. The molecule has 2 heterocycles. The molecule has 0 unspecified atom stereocenters. The van der Waals surface area contributed by atoms with Crippen LogP contribution < -0.4 is 10.4 Å². The third-order valence-electron chi connectivity index (χ3n) is 5.06. The topological polar surface area (TPSA) is 119 Å². The molecule has 0 aliphatic heterocycles. The number of amides is 1. The van der Waals surface area contributed by atoms with Gasteiger partial charge in [-0.15, -0.1) is 0 Å². The molecule has 3 aromatic carbocycles. The van der Waals surface area contributed by atoms with Crippen molar-refractivity contribution in [1.82, 2.24) is 4.98 Å². The third kappa shape index (κ3) is 4.27. The maximum absolute atomic E-state index is 13.7. The predicted octanol–water partition coefficient (Wildman–Crippen LogP) is 5.13. The average Bonchev–Trinajstić information content (AvgIpc) is 3.28. The molecule has 0 radical (unpaired) electrons. The van der Waals surface area contributed by atoms with Crippen LogP contribution in [0.25, 0.3) is 21.2 Å². The van der Waals surface area contributed by atoms with Gasteiger partial charge in [0, 0.05) is 17.7 Å². The van der Waals surface area contributed by atoms with Gasteiger partial charge < -0.3 is 4.42 Å². The molecular weight excluding hydrogens is 475 g/mol. The normalized spacial score (nSPS) is 11.3. The minimum absolute atomic E-state index is 0.0948. The zero-order valence-corrected chi connectivity index (χ0v) is 18.4. The first-order valence-corrected chi connectivity index (χ1v) is 10.9. The predicted molar refractivity (Wildman–Crippen MR) is 130 cm³/mol. The van der Waals surface area contributed by atoms with Crippen LogP contribution in [-0.2, 0) is 0 Å². The van der Waals surface area contributed by atoms with Crippen molar-refractivity contribution in [1.29, 1.82) is 0 Å². The Morgan fingerprint density at radius 2 is 1.91 bits per heavy atom. The van der Waals surface area contributed by atoms with E-state index in [0.29, 0.717) is 21.2 Å². The molecule has 0 spiro atoms. The fraction of sp³-hybridized carbons (Fsp3) is 0.